The molecule has 0 heterocycles. The minimum absolute atomic E-state index is 0.0788. The molecule has 8 heteroatoms. The maximum atomic E-state index is 12.0. The smallest absolute Gasteiger partial charge is 0.311 e. The second kappa shape index (κ2) is 6.05. The first-order valence-electron chi connectivity index (χ1n) is 6.92. The molecule has 22 heavy (non-hydrogen) atoms. The Morgan fingerprint density at radius 2 is 1.82 bits per heavy atom. The molecule has 7 nitrogen and oxygen atoms in total. The number of hydrogen-bond acceptors (Lipinski definition) is 4. The number of amides is 1. The fourth-order valence-electron chi connectivity index (χ4n) is 2.03. The Hall–Kier alpha value is -1.93. The van der Waals surface area contributed by atoms with E-state index in [1.165, 1.54) is 24.3 Å². The van der Waals surface area contributed by atoms with Crippen molar-refractivity contribution in [1.29, 1.82) is 0 Å². The number of nitrogens with one attached hydrogen (secondary N) is 2. The molecule has 0 bridgehead atoms. The second-order valence-electron chi connectivity index (χ2n) is 5.29. The van der Waals surface area contributed by atoms with Crippen molar-refractivity contribution < 1.29 is 23.1 Å². The molecule has 0 radical (unpaired) electrons. The molecule has 3 N–H and O–H groups in total. The van der Waals surface area contributed by atoms with Gasteiger partial charge in [0, 0.05) is 18.7 Å². The lowest BCUT2D eigenvalue weighted by Gasteiger charge is -2.11. The molecule has 1 aliphatic carbocycles. The van der Waals surface area contributed by atoms with Gasteiger partial charge < -0.3 is 10.4 Å². The molecular formula is C14H18N2O5S. The lowest BCUT2D eigenvalue weighted by molar-refractivity contribution is -0.143. The van der Waals surface area contributed by atoms with Crippen LogP contribution in [0.2, 0.25) is 0 Å². The Kier molecular flexibility index (Phi) is 4.52. The van der Waals surface area contributed by atoms with Gasteiger partial charge in [0.1, 0.15) is 0 Å². The Morgan fingerprint density at radius 3 is 2.27 bits per heavy atom. The summed E-state index contributed by atoms with van der Waals surface area (Å²) in [4.78, 5) is 23.1. The summed E-state index contributed by atoms with van der Waals surface area (Å²) < 4.78 is 25.9. The van der Waals surface area contributed by atoms with Gasteiger partial charge in [-0.1, -0.05) is 6.92 Å². The average molecular weight is 326 g/mol. The minimum atomic E-state index is -3.55. The molecule has 1 aromatic carbocycles. The number of rotatable bonds is 7. The first-order valence-corrected chi connectivity index (χ1v) is 8.40. The van der Waals surface area contributed by atoms with Crippen molar-refractivity contribution in [1.82, 2.24) is 10.0 Å². The largest absolute Gasteiger partial charge is 0.481 e. The Morgan fingerprint density at radius 1 is 1.23 bits per heavy atom. The first-order chi connectivity index (χ1) is 10.3. The van der Waals surface area contributed by atoms with E-state index in [0.717, 1.165) is 0 Å². The quantitative estimate of drug-likeness (QED) is 0.678. The average Bonchev–Trinajstić information content (AvgIpc) is 3.26. The van der Waals surface area contributed by atoms with Crippen LogP contribution in [0.25, 0.3) is 0 Å². The third-order valence-electron chi connectivity index (χ3n) is 3.66. The van der Waals surface area contributed by atoms with E-state index in [9.17, 15) is 18.0 Å². The van der Waals surface area contributed by atoms with Crippen molar-refractivity contribution in [2.45, 2.75) is 24.7 Å². The fourth-order valence-corrected chi connectivity index (χ4v) is 3.07. The van der Waals surface area contributed by atoms with Crippen LogP contribution in [0.3, 0.4) is 0 Å². The number of sulfonamides is 1. The monoisotopic (exact) mass is 326 g/mol. The van der Waals surface area contributed by atoms with Gasteiger partial charge in [-0.15, -0.1) is 0 Å². The first kappa shape index (κ1) is 16.4. The summed E-state index contributed by atoms with van der Waals surface area (Å²) in [6.07, 6.45) is 1.12. The molecule has 0 saturated heterocycles. The van der Waals surface area contributed by atoms with E-state index in [1.807, 2.05) is 0 Å². The van der Waals surface area contributed by atoms with Crippen LogP contribution in [0, 0.1) is 5.41 Å². The van der Waals surface area contributed by atoms with Crippen LogP contribution < -0.4 is 10.0 Å². The number of carbonyl (C=O) groups excluding carboxylic acids is 1. The molecule has 1 amide bonds. The number of aliphatic carboxylic acids is 1. The van der Waals surface area contributed by atoms with E-state index < -0.39 is 27.3 Å². The van der Waals surface area contributed by atoms with Crippen LogP contribution in [0.5, 0.6) is 0 Å². The van der Waals surface area contributed by atoms with Crippen LogP contribution >= 0.6 is 0 Å². The van der Waals surface area contributed by atoms with Gasteiger partial charge in [0.2, 0.25) is 10.0 Å². The molecule has 120 valence electrons. The van der Waals surface area contributed by atoms with E-state index in [1.54, 1.807) is 6.92 Å². The molecule has 0 aromatic heterocycles. The topological polar surface area (TPSA) is 113 Å². The zero-order chi connectivity index (χ0) is 16.4. The SMILES string of the molecule is CCNS(=O)(=O)c1ccc(C(=O)NCC2(C(=O)O)CC2)cc1. The number of hydrogen-bond donors (Lipinski definition) is 3. The van der Waals surface area contributed by atoms with Crippen LogP contribution in [-0.2, 0) is 14.8 Å². The molecule has 0 spiro atoms. The molecule has 0 atom stereocenters. The van der Waals surface area contributed by atoms with E-state index in [4.69, 9.17) is 5.11 Å². The minimum Gasteiger partial charge on any atom is -0.481 e. The predicted octanol–water partition coefficient (Wildman–Crippen LogP) is 0.579. The molecule has 1 aliphatic rings. The predicted molar refractivity (Wildman–Crippen MR) is 78.9 cm³/mol. The van der Waals surface area contributed by atoms with Gasteiger partial charge in [-0.2, -0.15) is 0 Å². The third kappa shape index (κ3) is 3.45. The van der Waals surface area contributed by atoms with Crippen molar-refractivity contribution in [3.05, 3.63) is 29.8 Å². The van der Waals surface area contributed by atoms with Crippen molar-refractivity contribution in [2.24, 2.45) is 5.41 Å². The fraction of sp³-hybridized carbons (Fsp3) is 0.429. The molecular weight excluding hydrogens is 308 g/mol. The molecule has 1 aromatic rings. The highest BCUT2D eigenvalue weighted by molar-refractivity contribution is 7.89. The van der Waals surface area contributed by atoms with E-state index >= 15 is 0 Å². The second-order valence-corrected chi connectivity index (χ2v) is 7.06. The van der Waals surface area contributed by atoms with Gasteiger partial charge in [-0.25, -0.2) is 13.1 Å². The summed E-state index contributed by atoms with van der Waals surface area (Å²) in [5.41, 5.74) is -0.541. The summed E-state index contributed by atoms with van der Waals surface area (Å²) in [7, 11) is -3.55. The zero-order valence-electron chi connectivity index (χ0n) is 12.1. The van der Waals surface area contributed by atoms with Gasteiger partial charge in [0.15, 0.2) is 0 Å². The third-order valence-corrected chi connectivity index (χ3v) is 5.22. The van der Waals surface area contributed by atoms with Crippen molar-refractivity contribution >= 4 is 21.9 Å². The maximum Gasteiger partial charge on any atom is 0.311 e. The lowest BCUT2D eigenvalue weighted by Crippen LogP contribution is -2.34. The summed E-state index contributed by atoms with van der Waals surface area (Å²) in [6.45, 7) is 2.04. The summed E-state index contributed by atoms with van der Waals surface area (Å²) in [5, 5.41) is 11.6. The number of carboxylic acid groups (broad SMARTS) is 1. The van der Waals surface area contributed by atoms with Crippen LogP contribution in [0.1, 0.15) is 30.1 Å². The van der Waals surface area contributed by atoms with Crippen LogP contribution in [0.4, 0.5) is 0 Å². The highest BCUT2D eigenvalue weighted by Crippen LogP contribution is 2.45. The Balaban J connectivity index is 2.01. The maximum absolute atomic E-state index is 12.0. The van der Waals surface area contributed by atoms with Gasteiger partial charge >= 0.3 is 5.97 Å². The molecule has 2 rings (SSSR count). The summed E-state index contributed by atoms with van der Waals surface area (Å²) in [6, 6.07) is 5.49. The highest BCUT2D eigenvalue weighted by atomic mass is 32.2. The molecule has 1 saturated carbocycles. The summed E-state index contributed by atoms with van der Waals surface area (Å²) >= 11 is 0. The number of carbonyl (C=O) groups is 2. The van der Waals surface area contributed by atoms with E-state index in [-0.39, 0.29) is 23.5 Å². The normalized spacial score (nSPS) is 16.0. The van der Waals surface area contributed by atoms with Gasteiger partial charge in [-0.3, -0.25) is 9.59 Å². The van der Waals surface area contributed by atoms with Gasteiger partial charge in [0.05, 0.1) is 10.3 Å². The Labute approximate surface area is 128 Å². The van der Waals surface area contributed by atoms with Crippen molar-refractivity contribution in [3.8, 4) is 0 Å². The van der Waals surface area contributed by atoms with Crippen molar-refractivity contribution in [3.63, 3.8) is 0 Å². The number of carboxylic acids is 1. The molecule has 1 fully saturated rings. The zero-order valence-corrected chi connectivity index (χ0v) is 12.9. The Bertz CT molecular complexity index is 678. The van der Waals surface area contributed by atoms with Crippen molar-refractivity contribution in [2.75, 3.05) is 13.1 Å². The standard InChI is InChI=1S/C14H18N2O5S/c1-2-16-22(20,21)11-5-3-10(4-6-11)12(17)15-9-14(7-8-14)13(18)19/h3-6,16H,2,7-9H2,1H3,(H,15,17)(H,18,19). The van der Waals surface area contributed by atoms with E-state index in [0.29, 0.717) is 12.8 Å². The summed E-state index contributed by atoms with van der Waals surface area (Å²) in [5.74, 6) is -1.32. The van der Waals surface area contributed by atoms with Crippen LogP contribution in [0.15, 0.2) is 29.2 Å². The lowest BCUT2D eigenvalue weighted by atomic mass is 10.1. The molecule has 0 unspecified atom stereocenters. The molecule has 0 aliphatic heterocycles. The van der Waals surface area contributed by atoms with Gasteiger partial charge in [-0.05, 0) is 37.1 Å². The van der Waals surface area contributed by atoms with Gasteiger partial charge in [0.25, 0.3) is 5.91 Å². The highest BCUT2D eigenvalue weighted by Gasteiger charge is 2.50. The van der Waals surface area contributed by atoms with Crippen LogP contribution in [-0.4, -0.2) is 38.5 Å². The van der Waals surface area contributed by atoms with E-state index in [2.05, 4.69) is 10.0 Å². The number of benzene rings is 1.